The molecule has 19 heavy (non-hydrogen) atoms. The third kappa shape index (κ3) is 2.98. The first kappa shape index (κ1) is 13.7. The van der Waals surface area contributed by atoms with E-state index >= 15 is 0 Å². The summed E-state index contributed by atoms with van der Waals surface area (Å²) in [5.74, 6) is -0.909. The molecule has 1 aliphatic heterocycles. The first-order valence-electron chi connectivity index (χ1n) is 5.88. The number of benzene rings is 1. The number of carbonyl (C=O) groups is 2. The van der Waals surface area contributed by atoms with E-state index in [9.17, 15) is 9.59 Å². The van der Waals surface area contributed by atoms with Crippen molar-refractivity contribution in [3.05, 3.63) is 29.3 Å². The van der Waals surface area contributed by atoms with Gasteiger partial charge in [0.2, 0.25) is 0 Å². The molecule has 1 heterocycles. The van der Waals surface area contributed by atoms with E-state index in [2.05, 4.69) is 0 Å². The van der Waals surface area contributed by atoms with Crippen LogP contribution in [-0.2, 0) is 9.53 Å². The number of para-hydroxylation sites is 1. The molecule has 1 aromatic carbocycles. The first-order chi connectivity index (χ1) is 8.91. The maximum Gasteiger partial charge on any atom is 0.415 e. The summed E-state index contributed by atoms with van der Waals surface area (Å²) in [4.78, 5) is 23.9. The van der Waals surface area contributed by atoms with Crippen LogP contribution in [0.5, 0.6) is 0 Å². The SMILES string of the molecule is CC1(CCC(=O)O)CN(c2ccccc2Cl)C(=O)O1. The lowest BCUT2D eigenvalue weighted by molar-refractivity contribution is -0.138. The predicted molar refractivity (Wildman–Crippen MR) is 70.6 cm³/mol. The first-order valence-corrected chi connectivity index (χ1v) is 6.26. The number of rotatable bonds is 4. The van der Waals surface area contributed by atoms with E-state index in [1.165, 1.54) is 4.90 Å². The van der Waals surface area contributed by atoms with E-state index < -0.39 is 17.7 Å². The molecule has 2 rings (SSSR count). The maximum atomic E-state index is 11.9. The normalized spacial score (nSPS) is 22.4. The second kappa shape index (κ2) is 5.09. The summed E-state index contributed by atoms with van der Waals surface area (Å²) in [5, 5.41) is 9.17. The van der Waals surface area contributed by atoms with Crippen LogP contribution in [0.25, 0.3) is 0 Å². The van der Waals surface area contributed by atoms with Gasteiger partial charge in [-0.05, 0) is 25.5 Å². The lowest BCUT2D eigenvalue weighted by atomic mass is 10.00. The Morgan fingerprint density at radius 1 is 1.53 bits per heavy atom. The zero-order chi connectivity index (χ0) is 14.0. The third-order valence-corrected chi connectivity index (χ3v) is 3.38. The van der Waals surface area contributed by atoms with Crippen LogP contribution in [0.4, 0.5) is 10.5 Å². The quantitative estimate of drug-likeness (QED) is 0.922. The number of carbonyl (C=O) groups excluding carboxylic acids is 1. The molecule has 0 spiro atoms. The Morgan fingerprint density at radius 2 is 2.21 bits per heavy atom. The number of ether oxygens (including phenoxy) is 1. The minimum atomic E-state index is -0.909. The van der Waals surface area contributed by atoms with Gasteiger partial charge in [-0.1, -0.05) is 23.7 Å². The Kier molecular flexibility index (Phi) is 3.66. The highest BCUT2D eigenvalue weighted by Crippen LogP contribution is 2.34. The van der Waals surface area contributed by atoms with E-state index in [-0.39, 0.29) is 12.8 Å². The molecule has 1 aliphatic rings. The van der Waals surface area contributed by atoms with Gasteiger partial charge in [0.05, 0.1) is 17.3 Å². The number of halogens is 1. The molecule has 5 nitrogen and oxygen atoms in total. The van der Waals surface area contributed by atoms with Gasteiger partial charge in [-0.2, -0.15) is 0 Å². The molecular formula is C13H14ClNO4. The molecule has 0 bridgehead atoms. The molecule has 1 aromatic rings. The van der Waals surface area contributed by atoms with Gasteiger partial charge in [0.25, 0.3) is 0 Å². The van der Waals surface area contributed by atoms with Crippen LogP contribution >= 0.6 is 11.6 Å². The molecule has 0 aliphatic carbocycles. The summed E-state index contributed by atoms with van der Waals surface area (Å²) in [6.07, 6.45) is -0.268. The molecule has 1 amide bonds. The second-order valence-electron chi connectivity index (χ2n) is 4.75. The summed E-state index contributed by atoms with van der Waals surface area (Å²) in [6, 6.07) is 6.97. The monoisotopic (exact) mass is 283 g/mol. The number of cyclic esters (lactones) is 1. The minimum Gasteiger partial charge on any atom is -0.481 e. The zero-order valence-corrected chi connectivity index (χ0v) is 11.2. The molecule has 0 saturated carbocycles. The molecule has 102 valence electrons. The average Bonchev–Trinajstić information content (AvgIpc) is 2.64. The largest absolute Gasteiger partial charge is 0.481 e. The van der Waals surface area contributed by atoms with E-state index in [0.717, 1.165) is 0 Å². The number of nitrogens with zero attached hydrogens (tertiary/aromatic N) is 1. The van der Waals surface area contributed by atoms with Crippen molar-refractivity contribution in [2.75, 3.05) is 11.4 Å². The van der Waals surface area contributed by atoms with Crippen LogP contribution in [0.1, 0.15) is 19.8 Å². The van der Waals surface area contributed by atoms with E-state index in [1.54, 1.807) is 31.2 Å². The predicted octanol–water partition coefficient (Wildman–Crippen LogP) is 2.92. The fourth-order valence-electron chi connectivity index (χ4n) is 2.05. The number of amides is 1. The Morgan fingerprint density at radius 3 is 2.84 bits per heavy atom. The van der Waals surface area contributed by atoms with E-state index in [1.807, 2.05) is 0 Å². The highest BCUT2D eigenvalue weighted by atomic mass is 35.5. The highest BCUT2D eigenvalue weighted by molar-refractivity contribution is 6.33. The summed E-state index contributed by atoms with van der Waals surface area (Å²) in [7, 11) is 0. The molecule has 1 atom stereocenters. The fraction of sp³-hybridized carbons (Fsp3) is 0.385. The van der Waals surface area contributed by atoms with Crippen molar-refractivity contribution in [2.24, 2.45) is 0 Å². The lowest BCUT2D eigenvalue weighted by Gasteiger charge is -2.20. The number of hydrogen-bond donors (Lipinski definition) is 1. The molecule has 0 radical (unpaired) electrons. The van der Waals surface area contributed by atoms with Gasteiger partial charge < -0.3 is 9.84 Å². The third-order valence-electron chi connectivity index (χ3n) is 3.06. The van der Waals surface area contributed by atoms with Crippen LogP contribution in [0.2, 0.25) is 5.02 Å². The van der Waals surface area contributed by atoms with Crippen LogP contribution < -0.4 is 4.90 Å². The maximum absolute atomic E-state index is 11.9. The van der Waals surface area contributed by atoms with Gasteiger partial charge in [0, 0.05) is 6.42 Å². The smallest absolute Gasteiger partial charge is 0.415 e. The number of carboxylic acid groups (broad SMARTS) is 1. The molecular weight excluding hydrogens is 270 g/mol. The minimum absolute atomic E-state index is 0.0415. The zero-order valence-electron chi connectivity index (χ0n) is 10.4. The van der Waals surface area contributed by atoms with Crippen molar-refractivity contribution in [1.29, 1.82) is 0 Å². The fourth-order valence-corrected chi connectivity index (χ4v) is 2.29. The topological polar surface area (TPSA) is 66.8 Å². The Labute approximate surface area is 115 Å². The van der Waals surface area contributed by atoms with Gasteiger partial charge in [-0.3, -0.25) is 9.69 Å². The van der Waals surface area contributed by atoms with Crippen molar-refractivity contribution >= 4 is 29.4 Å². The van der Waals surface area contributed by atoms with Crippen LogP contribution in [-0.4, -0.2) is 29.3 Å². The Bertz CT molecular complexity index is 519. The van der Waals surface area contributed by atoms with Gasteiger partial charge in [0.15, 0.2) is 0 Å². The summed E-state index contributed by atoms with van der Waals surface area (Å²) in [5.41, 5.74) is -0.220. The van der Waals surface area contributed by atoms with Crippen LogP contribution in [0.3, 0.4) is 0 Å². The summed E-state index contributed by atoms with van der Waals surface area (Å²) < 4.78 is 5.29. The van der Waals surface area contributed by atoms with Crippen molar-refractivity contribution in [1.82, 2.24) is 0 Å². The van der Waals surface area contributed by atoms with Crippen molar-refractivity contribution < 1.29 is 19.4 Å². The second-order valence-corrected chi connectivity index (χ2v) is 5.16. The summed E-state index contributed by atoms with van der Waals surface area (Å²) in [6.45, 7) is 2.02. The molecule has 6 heteroatoms. The van der Waals surface area contributed by atoms with E-state index in [4.69, 9.17) is 21.4 Å². The van der Waals surface area contributed by atoms with Crippen molar-refractivity contribution in [3.63, 3.8) is 0 Å². The number of anilines is 1. The number of carboxylic acids is 1. The molecule has 1 saturated heterocycles. The van der Waals surface area contributed by atoms with Crippen LogP contribution in [0, 0.1) is 0 Å². The lowest BCUT2D eigenvalue weighted by Crippen LogP contribution is -2.32. The van der Waals surface area contributed by atoms with Gasteiger partial charge in [-0.15, -0.1) is 0 Å². The Balaban J connectivity index is 2.16. The van der Waals surface area contributed by atoms with E-state index in [0.29, 0.717) is 17.3 Å². The van der Waals surface area contributed by atoms with Gasteiger partial charge in [0.1, 0.15) is 5.60 Å². The average molecular weight is 284 g/mol. The number of hydrogen-bond acceptors (Lipinski definition) is 3. The molecule has 0 aromatic heterocycles. The molecule has 1 fully saturated rings. The van der Waals surface area contributed by atoms with Crippen LogP contribution in [0.15, 0.2) is 24.3 Å². The summed E-state index contributed by atoms with van der Waals surface area (Å²) >= 11 is 6.05. The standard InChI is InChI=1S/C13H14ClNO4/c1-13(7-6-11(16)17)8-15(12(18)19-13)10-5-3-2-4-9(10)14/h2-5H,6-8H2,1H3,(H,16,17). The van der Waals surface area contributed by atoms with Gasteiger partial charge in [-0.25, -0.2) is 4.79 Å². The van der Waals surface area contributed by atoms with Crippen molar-refractivity contribution in [3.8, 4) is 0 Å². The number of aliphatic carboxylic acids is 1. The Hall–Kier alpha value is -1.75. The highest BCUT2D eigenvalue weighted by Gasteiger charge is 2.42. The van der Waals surface area contributed by atoms with Crippen molar-refractivity contribution in [2.45, 2.75) is 25.4 Å². The molecule has 1 N–H and O–H groups in total. The van der Waals surface area contributed by atoms with Gasteiger partial charge >= 0.3 is 12.1 Å². The molecule has 1 unspecified atom stereocenters.